The minimum atomic E-state index is -1.17. The standard InChI is InChI=1S/C13H15F3N2O/c1-13(2)7-18(4-3-17-13)12(19)11-9(15)5-8(14)6-10(11)16/h5-6,17H,3-4,7H2,1-2H3. The number of piperazine rings is 1. The predicted molar refractivity (Wildman–Crippen MR) is 64.3 cm³/mol. The van der Waals surface area contributed by atoms with Crippen LogP contribution >= 0.6 is 0 Å². The largest absolute Gasteiger partial charge is 0.335 e. The second-order valence-electron chi connectivity index (χ2n) is 5.28. The van der Waals surface area contributed by atoms with E-state index in [1.54, 1.807) is 0 Å². The van der Waals surface area contributed by atoms with Crippen molar-refractivity contribution < 1.29 is 18.0 Å². The van der Waals surface area contributed by atoms with Crippen LogP contribution in [0.1, 0.15) is 24.2 Å². The van der Waals surface area contributed by atoms with E-state index in [1.807, 2.05) is 13.8 Å². The van der Waals surface area contributed by atoms with Gasteiger partial charge >= 0.3 is 0 Å². The van der Waals surface area contributed by atoms with E-state index < -0.39 is 28.9 Å². The molecule has 1 fully saturated rings. The molecule has 104 valence electrons. The highest BCUT2D eigenvalue weighted by atomic mass is 19.1. The second kappa shape index (κ2) is 4.85. The van der Waals surface area contributed by atoms with Crippen molar-refractivity contribution >= 4 is 5.91 Å². The molecule has 0 saturated carbocycles. The Labute approximate surface area is 109 Å². The lowest BCUT2D eigenvalue weighted by Gasteiger charge is -2.39. The van der Waals surface area contributed by atoms with Crippen LogP contribution in [-0.2, 0) is 0 Å². The van der Waals surface area contributed by atoms with E-state index in [4.69, 9.17) is 0 Å². The summed E-state index contributed by atoms with van der Waals surface area (Å²) in [6, 6.07) is 1.04. The normalized spacial score (nSPS) is 18.5. The van der Waals surface area contributed by atoms with Gasteiger partial charge in [-0.15, -0.1) is 0 Å². The highest BCUT2D eigenvalue weighted by molar-refractivity contribution is 5.95. The van der Waals surface area contributed by atoms with Gasteiger partial charge in [-0.1, -0.05) is 0 Å². The molecule has 0 spiro atoms. The van der Waals surface area contributed by atoms with Crippen molar-refractivity contribution in [2.45, 2.75) is 19.4 Å². The SMILES string of the molecule is CC1(C)CN(C(=O)c2c(F)cc(F)cc2F)CCN1. The van der Waals surface area contributed by atoms with Crippen LogP contribution in [0.15, 0.2) is 12.1 Å². The zero-order chi connectivity index (χ0) is 14.2. The summed E-state index contributed by atoms with van der Waals surface area (Å²) in [4.78, 5) is 13.5. The first-order valence-corrected chi connectivity index (χ1v) is 5.99. The van der Waals surface area contributed by atoms with Crippen LogP contribution in [0.2, 0.25) is 0 Å². The van der Waals surface area contributed by atoms with Crippen molar-refractivity contribution in [2.75, 3.05) is 19.6 Å². The molecular formula is C13H15F3N2O. The van der Waals surface area contributed by atoms with E-state index in [9.17, 15) is 18.0 Å². The molecule has 0 radical (unpaired) electrons. The molecule has 1 amide bonds. The number of hydrogen-bond donors (Lipinski definition) is 1. The summed E-state index contributed by atoms with van der Waals surface area (Å²) in [7, 11) is 0. The maximum Gasteiger partial charge on any atom is 0.259 e. The molecule has 1 aliphatic rings. The van der Waals surface area contributed by atoms with Crippen molar-refractivity contribution in [1.82, 2.24) is 10.2 Å². The third-order valence-electron chi connectivity index (χ3n) is 3.08. The van der Waals surface area contributed by atoms with Crippen molar-refractivity contribution in [3.05, 3.63) is 35.1 Å². The average molecular weight is 272 g/mol. The molecule has 1 heterocycles. The number of benzene rings is 1. The van der Waals surface area contributed by atoms with Crippen LogP contribution in [-0.4, -0.2) is 36.0 Å². The number of rotatable bonds is 1. The number of carbonyl (C=O) groups excluding carboxylic acids is 1. The second-order valence-corrected chi connectivity index (χ2v) is 5.28. The monoisotopic (exact) mass is 272 g/mol. The maximum atomic E-state index is 13.6. The van der Waals surface area contributed by atoms with Gasteiger partial charge < -0.3 is 10.2 Å². The highest BCUT2D eigenvalue weighted by Gasteiger charge is 2.31. The number of nitrogens with zero attached hydrogens (tertiary/aromatic N) is 1. The summed E-state index contributed by atoms with van der Waals surface area (Å²) in [6.07, 6.45) is 0. The summed E-state index contributed by atoms with van der Waals surface area (Å²) < 4.78 is 40.0. The quantitative estimate of drug-likeness (QED) is 0.847. The summed E-state index contributed by atoms with van der Waals surface area (Å²) in [6.45, 7) is 5.03. The fraction of sp³-hybridized carbons (Fsp3) is 0.462. The van der Waals surface area contributed by atoms with Crippen molar-refractivity contribution in [1.29, 1.82) is 0 Å². The van der Waals surface area contributed by atoms with Crippen molar-refractivity contribution in [3.63, 3.8) is 0 Å². The molecule has 1 aliphatic heterocycles. The summed E-state index contributed by atoms with van der Waals surface area (Å²) in [5.74, 6) is -4.12. The number of hydrogen-bond acceptors (Lipinski definition) is 2. The number of nitrogens with one attached hydrogen (secondary N) is 1. The number of halogens is 3. The van der Waals surface area contributed by atoms with Crippen molar-refractivity contribution in [3.8, 4) is 0 Å². The number of carbonyl (C=O) groups is 1. The first kappa shape index (κ1) is 13.9. The Balaban J connectivity index is 2.30. The van der Waals surface area contributed by atoms with Gasteiger partial charge in [0.2, 0.25) is 0 Å². The lowest BCUT2D eigenvalue weighted by Crippen LogP contribution is -2.58. The Morgan fingerprint density at radius 1 is 1.26 bits per heavy atom. The molecule has 0 aliphatic carbocycles. The van der Waals surface area contributed by atoms with E-state index in [0.29, 0.717) is 31.8 Å². The summed E-state index contributed by atoms with van der Waals surface area (Å²) >= 11 is 0. The Morgan fingerprint density at radius 2 is 1.84 bits per heavy atom. The average Bonchev–Trinajstić information content (AvgIpc) is 2.25. The molecule has 1 saturated heterocycles. The molecule has 1 N–H and O–H groups in total. The van der Waals surface area contributed by atoms with Crippen LogP contribution in [0.25, 0.3) is 0 Å². The molecule has 3 nitrogen and oxygen atoms in total. The van der Waals surface area contributed by atoms with Gasteiger partial charge in [0.25, 0.3) is 5.91 Å². The summed E-state index contributed by atoms with van der Waals surface area (Å²) in [5.41, 5.74) is -1.01. The third kappa shape index (κ3) is 2.89. The molecule has 1 aromatic rings. The Morgan fingerprint density at radius 3 is 2.37 bits per heavy atom. The molecule has 0 bridgehead atoms. The van der Waals surface area contributed by atoms with Gasteiger partial charge in [0.05, 0.1) is 0 Å². The summed E-state index contributed by atoms with van der Waals surface area (Å²) in [5, 5.41) is 3.19. The zero-order valence-corrected chi connectivity index (χ0v) is 10.8. The van der Waals surface area contributed by atoms with Gasteiger partial charge in [0, 0.05) is 37.3 Å². The van der Waals surface area contributed by atoms with Crippen LogP contribution in [0.4, 0.5) is 13.2 Å². The molecule has 0 aromatic heterocycles. The van der Waals surface area contributed by atoms with Gasteiger partial charge in [0.1, 0.15) is 23.0 Å². The first-order valence-electron chi connectivity index (χ1n) is 5.99. The molecule has 0 unspecified atom stereocenters. The molecule has 2 rings (SSSR count). The Bertz CT molecular complexity index is 494. The lowest BCUT2D eigenvalue weighted by molar-refractivity contribution is 0.0642. The Hall–Kier alpha value is -1.56. The fourth-order valence-corrected chi connectivity index (χ4v) is 2.22. The third-order valence-corrected chi connectivity index (χ3v) is 3.08. The smallest absolute Gasteiger partial charge is 0.259 e. The lowest BCUT2D eigenvalue weighted by atomic mass is 10.0. The zero-order valence-electron chi connectivity index (χ0n) is 10.8. The first-order chi connectivity index (χ1) is 8.80. The minimum absolute atomic E-state index is 0.319. The minimum Gasteiger partial charge on any atom is -0.335 e. The van der Waals surface area contributed by atoms with Gasteiger partial charge in [-0.2, -0.15) is 0 Å². The van der Waals surface area contributed by atoms with E-state index in [0.717, 1.165) is 0 Å². The van der Waals surface area contributed by atoms with E-state index >= 15 is 0 Å². The Kier molecular flexibility index (Phi) is 3.54. The fourth-order valence-electron chi connectivity index (χ4n) is 2.22. The van der Waals surface area contributed by atoms with E-state index in [1.165, 1.54) is 4.90 Å². The molecule has 6 heteroatoms. The van der Waals surface area contributed by atoms with Crippen LogP contribution in [0, 0.1) is 17.5 Å². The maximum absolute atomic E-state index is 13.6. The van der Waals surface area contributed by atoms with Gasteiger partial charge in [-0.05, 0) is 13.8 Å². The molecule has 1 aromatic carbocycles. The van der Waals surface area contributed by atoms with Crippen LogP contribution in [0.5, 0.6) is 0 Å². The number of amides is 1. The molecule has 0 atom stereocenters. The van der Waals surface area contributed by atoms with Gasteiger partial charge in [-0.25, -0.2) is 13.2 Å². The van der Waals surface area contributed by atoms with Gasteiger partial charge in [0.15, 0.2) is 0 Å². The van der Waals surface area contributed by atoms with Crippen LogP contribution in [0.3, 0.4) is 0 Å². The highest BCUT2D eigenvalue weighted by Crippen LogP contribution is 2.19. The van der Waals surface area contributed by atoms with E-state index in [2.05, 4.69) is 5.32 Å². The predicted octanol–water partition coefficient (Wildman–Crippen LogP) is 1.93. The van der Waals surface area contributed by atoms with Crippen molar-refractivity contribution in [2.24, 2.45) is 0 Å². The molecular weight excluding hydrogens is 257 g/mol. The topological polar surface area (TPSA) is 32.3 Å². The van der Waals surface area contributed by atoms with Gasteiger partial charge in [-0.3, -0.25) is 4.79 Å². The van der Waals surface area contributed by atoms with Crippen LogP contribution < -0.4 is 5.32 Å². The molecule has 19 heavy (non-hydrogen) atoms. The van der Waals surface area contributed by atoms with E-state index in [-0.39, 0.29) is 5.54 Å².